The number of rotatable bonds is 3. The first-order chi connectivity index (χ1) is 6.88. The van der Waals surface area contributed by atoms with Crippen molar-refractivity contribution in [2.75, 3.05) is 7.05 Å². The van der Waals surface area contributed by atoms with Gasteiger partial charge in [-0.3, -0.25) is 0 Å². The van der Waals surface area contributed by atoms with Gasteiger partial charge in [-0.25, -0.2) is 17.9 Å². The van der Waals surface area contributed by atoms with Gasteiger partial charge >= 0.3 is 5.97 Å². The summed E-state index contributed by atoms with van der Waals surface area (Å²) in [6, 6.07) is 3.87. The Morgan fingerprint density at radius 3 is 2.40 bits per heavy atom. The van der Waals surface area contributed by atoms with Gasteiger partial charge in [0.2, 0.25) is 10.0 Å². The quantitative estimate of drug-likeness (QED) is 0.795. The van der Waals surface area contributed by atoms with Gasteiger partial charge in [-0.05, 0) is 37.7 Å². The molecule has 0 fully saturated rings. The summed E-state index contributed by atoms with van der Waals surface area (Å²) < 4.78 is 25.1. The van der Waals surface area contributed by atoms with Gasteiger partial charge in [0.15, 0.2) is 0 Å². The number of hydrogen-bond acceptors (Lipinski definition) is 3. The number of aromatic carboxylic acids is 1. The second-order valence-electron chi connectivity index (χ2n) is 2.99. The highest BCUT2D eigenvalue weighted by Crippen LogP contribution is 2.16. The van der Waals surface area contributed by atoms with Gasteiger partial charge in [-0.1, -0.05) is 0 Å². The number of carboxylic acids is 1. The molecule has 0 bridgehead atoms. The fourth-order valence-electron chi connectivity index (χ4n) is 1.19. The van der Waals surface area contributed by atoms with E-state index in [1.807, 2.05) is 0 Å². The third-order valence-electron chi connectivity index (χ3n) is 1.98. The summed E-state index contributed by atoms with van der Waals surface area (Å²) in [6.07, 6.45) is 0. The Morgan fingerprint density at radius 1 is 1.40 bits per heavy atom. The number of sulfonamides is 1. The van der Waals surface area contributed by atoms with Gasteiger partial charge in [0, 0.05) is 0 Å². The molecule has 0 aliphatic rings. The second-order valence-corrected chi connectivity index (χ2v) is 4.85. The molecule has 0 saturated carbocycles. The maximum absolute atomic E-state index is 11.4. The Balaban J connectivity index is 3.32. The van der Waals surface area contributed by atoms with Crippen molar-refractivity contribution < 1.29 is 18.3 Å². The summed E-state index contributed by atoms with van der Waals surface area (Å²) >= 11 is 0. The Bertz CT molecular complexity index is 493. The summed E-state index contributed by atoms with van der Waals surface area (Å²) in [6.45, 7) is 1.55. The number of benzene rings is 1. The van der Waals surface area contributed by atoms with Crippen molar-refractivity contribution in [2.45, 2.75) is 11.8 Å². The van der Waals surface area contributed by atoms with Gasteiger partial charge < -0.3 is 5.11 Å². The molecule has 1 aromatic rings. The fourth-order valence-corrected chi connectivity index (χ4v) is 2.14. The minimum absolute atomic E-state index is 0.0718. The molecule has 0 saturated heterocycles. The predicted octanol–water partition coefficient (Wildman–Crippen LogP) is 0.601. The van der Waals surface area contributed by atoms with Crippen LogP contribution in [0.1, 0.15) is 15.9 Å². The van der Waals surface area contributed by atoms with Crippen molar-refractivity contribution in [3.8, 4) is 0 Å². The lowest BCUT2D eigenvalue weighted by Crippen LogP contribution is -2.19. The largest absolute Gasteiger partial charge is 0.478 e. The van der Waals surface area contributed by atoms with E-state index in [4.69, 9.17) is 5.11 Å². The van der Waals surface area contributed by atoms with Crippen LogP contribution in [0.2, 0.25) is 0 Å². The van der Waals surface area contributed by atoms with Crippen molar-refractivity contribution in [2.24, 2.45) is 0 Å². The number of hydrogen-bond donors (Lipinski definition) is 2. The molecule has 0 unspecified atom stereocenters. The molecule has 0 aliphatic heterocycles. The van der Waals surface area contributed by atoms with E-state index in [1.165, 1.54) is 25.2 Å². The topological polar surface area (TPSA) is 83.5 Å². The van der Waals surface area contributed by atoms with Crippen LogP contribution in [0.25, 0.3) is 0 Å². The lowest BCUT2D eigenvalue weighted by Gasteiger charge is -2.06. The monoisotopic (exact) mass is 229 g/mol. The molecule has 1 aromatic carbocycles. The maximum atomic E-state index is 11.4. The maximum Gasteiger partial charge on any atom is 0.335 e. The molecule has 0 radical (unpaired) electrons. The number of aryl methyl sites for hydroxylation is 1. The SMILES string of the molecule is CNS(=O)(=O)c1ccc(C(=O)O)cc1C. The standard InChI is InChI=1S/C9H11NO4S/c1-6-5-7(9(11)12)3-4-8(6)15(13,14)10-2/h3-5,10H,1-2H3,(H,11,12). The van der Waals surface area contributed by atoms with Crippen LogP contribution in [-0.2, 0) is 10.0 Å². The number of carbonyl (C=O) groups is 1. The molecule has 15 heavy (non-hydrogen) atoms. The number of carboxylic acid groups (broad SMARTS) is 1. The Hall–Kier alpha value is -1.40. The van der Waals surface area contributed by atoms with E-state index in [-0.39, 0.29) is 10.5 Å². The molecule has 0 heterocycles. The Kier molecular flexibility index (Phi) is 3.11. The summed E-state index contributed by atoms with van der Waals surface area (Å²) in [5, 5.41) is 8.70. The normalized spacial score (nSPS) is 11.3. The zero-order valence-electron chi connectivity index (χ0n) is 8.31. The summed E-state index contributed by atoms with van der Waals surface area (Å²) in [5.41, 5.74) is 0.479. The van der Waals surface area contributed by atoms with Crippen molar-refractivity contribution in [3.63, 3.8) is 0 Å². The molecule has 82 valence electrons. The lowest BCUT2D eigenvalue weighted by molar-refractivity contribution is 0.0696. The minimum Gasteiger partial charge on any atom is -0.478 e. The molecular weight excluding hydrogens is 218 g/mol. The predicted molar refractivity (Wildman–Crippen MR) is 54.4 cm³/mol. The third-order valence-corrected chi connectivity index (χ3v) is 3.55. The van der Waals surface area contributed by atoms with Crippen LogP contribution in [0.5, 0.6) is 0 Å². The second kappa shape index (κ2) is 4.00. The molecule has 1 rings (SSSR count). The van der Waals surface area contributed by atoms with Crippen LogP contribution >= 0.6 is 0 Å². The van der Waals surface area contributed by atoms with E-state index in [0.717, 1.165) is 0 Å². The lowest BCUT2D eigenvalue weighted by atomic mass is 10.1. The fraction of sp³-hybridized carbons (Fsp3) is 0.222. The van der Waals surface area contributed by atoms with Crippen LogP contribution in [0.4, 0.5) is 0 Å². The molecule has 0 atom stereocenters. The van der Waals surface area contributed by atoms with Gasteiger partial charge in [0.25, 0.3) is 0 Å². The highest BCUT2D eigenvalue weighted by Gasteiger charge is 2.15. The molecule has 6 heteroatoms. The first-order valence-electron chi connectivity index (χ1n) is 4.16. The van der Waals surface area contributed by atoms with E-state index >= 15 is 0 Å². The van der Waals surface area contributed by atoms with Gasteiger partial charge in [0.1, 0.15) is 0 Å². The molecule has 5 nitrogen and oxygen atoms in total. The summed E-state index contributed by atoms with van der Waals surface area (Å²) in [7, 11) is -2.21. The van der Waals surface area contributed by atoms with E-state index in [2.05, 4.69) is 4.72 Å². The van der Waals surface area contributed by atoms with Crippen LogP contribution in [0.3, 0.4) is 0 Å². The molecular formula is C9H11NO4S. The smallest absolute Gasteiger partial charge is 0.335 e. The van der Waals surface area contributed by atoms with Crippen LogP contribution < -0.4 is 4.72 Å². The Labute approximate surface area is 87.8 Å². The zero-order valence-corrected chi connectivity index (χ0v) is 9.13. The molecule has 0 aromatic heterocycles. The van der Waals surface area contributed by atoms with Crippen molar-refractivity contribution in [1.82, 2.24) is 4.72 Å². The average molecular weight is 229 g/mol. The number of nitrogens with one attached hydrogen (secondary N) is 1. The van der Waals surface area contributed by atoms with E-state index in [1.54, 1.807) is 6.92 Å². The van der Waals surface area contributed by atoms with E-state index < -0.39 is 16.0 Å². The van der Waals surface area contributed by atoms with Crippen molar-refractivity contribution >= 4 is 16.0 Å². The van der Waals surface area contributed by atoms with Crippen LogP contribution in [-0.4, -0.2) is 26.5 Å². The summed E-state index contributed by atoms with van der Waals surface area (Å²) in [4.78, 5) is 10.7. The highest BCUT2D eigenvalue weighted by molar-refractivity contribution is 7.89. The minimum atomic E-state index is -3.51. The Morgan fingerprint density at radius 2 is 2.00 bits per heavy atom. The third kappa shape index (κ3) is 2.34. The summed E-state index contributed by atoms with van der Waals surface area (Å²) in [5.74, 6) is -1.08. The van der Waals surface area contributed by atoms with Gasteiger partial charge in [0.05, 0.1) is 10.5 Å². The van der Waals surface area contributed by atoms with E-state index in [9.17, 15) is 13.2 Å². The first kappa shape index (κ1) is 11.7. The molecule has 0 spiro atoms. The zero-order chi connectivity index (χ0) is 11.6. The van der Waals surface area contributed by atoms with Crippen molar-refractivity contribution in [1.29, 1.82) is 0 Å². The molecule has 0 aliphatic carbocycles. The van der Waals surface area contributed by atoms with Crippen LogP contribution in [0.15, 0.2) is 23.1 Å². The first-order valence-corrected chi connectivity index (χ1v) is 5.64. The van der Waals surface area contributed by atoms with E-state index in [0.29, 0.717) is 5.56 Å². The molecule has 2 N–H and O–H groups in total. The van der Waals surface area contributed by atoms with Gasteiger partial charge in [-0.2, -0.15) is 0 Å². The molecule has 0 amide bonds. The van der Waals surface area contributed by atoms with Crippen LogP contribution in [0, 0.1) is 6.92 Å². The highest BCUT2D eigenvalue weighted by atomic mass is 32.2. The average Bonchev–Trinajstić information content (AvgIpc) is 2.17. The van der Waals surface area contributed by atoms with Crippen molar-refractivity contribution in [3.05, 3.63) is 29.3 Å². The van der Waals surface area contributed by atoms with Gasteiger partial charge in [-0.15, -0.1) is 0 Å².